The lowest BCUT2D eigenvalue weighted by molar-refractivity contribution is 0.0916. The maximum atomic E-state index is 13.1. The molecule has 0 aliphatic heterocycles. The van der Waals surface area contributed by atoms with Gasteiger partial charge < -0.3 is 10.4 Å². The van der Waals surface area contributed by atoms with Crippen LogP contribution in [0.3, 0.4) is 0 Å². The molecule has 3 N–H and O–H groups in total. The molecule has 23 heavy (non-hydrogen) atoms. The van der Waals surface area contributed by atoms with Crippen LogP contribution in [0.4, 0.5) is 4.39 Å². The Bertz CT molecular complexity index is 695. The number of nitrogens with zero attached hydrogens (tertiary/aromatic N) is 2. The lowest BCUT2D eigenvalue weighted by Gasteiger charge is -2.15. The number of carbonyl (C=O) groups is 1. The summed E-state index contributed by atoms with van der Waals surface area (Å²) >= 11 is 5.67. The molecule has 1 heterocycles. The van der Waals surface area contributed by atoms with E-state index in [-0.39, 0.29) is 28.3 Å². The van der Waals surface area contributed by atoms with E-state index >= 15 is 0 Å². The van der Waals surface area contributed by atoms with E-state index in [1.54, 1.807) is 0 Å². The van der Waals surface area contributed by atoms with Gasteiger partial charge in [-0.15, -0.1) is 0 Å². The number of aromatic nitrogens is 3. The third-order valence-corrected chi connectivity index (χ3v) is 4.47. The second kappa shape index (κ2) is 6.64. The molecular formula is C15H16ClFN4O2. The van der Waals surface area contributed by atoms with Crippen LogP contribution < -0.4 is 5.32 Å². The molecule has 0 spiro atoms. The van der Waals surface area contributed by atoms with Gasteiger partial charge in [-0.05, 0) is 31.0 Å². The molecule has 1 fully saturated rings. The van der Waals surface area contributed by atoms with Gasteiger partial charge in [0.25, 0.3) is 5.91 Å². The van der Waals surface area contributed by atoms with Crippen LogP contribution in [-0.4, -0.2) is 38.8 Å². The maximum Gasteiger partial charge on any atom is 0.251 e. The van der Waals surface area contributed by atoms with E-state index in [2.05, 4.69) is 20.5 Å². The van der Waals surface area contributed by atoms with E-state index < -0.39 is 11.9 Å². The Morgan fingerprint density at radius 3 is 3.00 bits per heavy atom. The molecule has 1 saturated carbocycles. The van der Waals surface area contributed by atoms with Crippen LogP contribution in [-0.2, 0) is 0 Å². The smallest absolute Gasteiger partial charge is 0.251 e. The van der Waals surface area contributed by atoms with Crippen molar-refractivity contribution in [3.8, 4) is 0 Å². The molecule has 0 unspecified atom stereocenters. The fourth-order valence-corrected chi connectivity index (χ4v) is 3.10. The Balaban J connectivity index is 1.57. The van der Waals surface area contributed by atoms with Crippen molar-refractivity contribution in [2.75, 3.05) is 6.54 Å². The zero-order valence-electron chi connectivity index (χ0n) is 12.2. The summed E-state index contributed by atoms with van der Waals surface area (Å²) in [6.07, 6.45) is 2.22. The molecule has 1 aromatic carbocycles. The maximum absolute atomic E-state index is 13.1. The summed E-state index contributed by atoms with van der Waals surface area (Å²) in [6.45, 7) is 0.333. The number of benzene rings is 1. The largest absolute Gasteiger partial charge is 0.393 e. The summed E-state index contributed by atoms with van der Waals surface area (Å²) in [5.74, 6) is -0.116. The molecule has 3 rings (SSSR count). The Kier molecular flexibility index (Phi) is 4.58. The first kappa shape index (κ1) is 15.9. The van der Waals surface area contributed by atoms with E-state index in [4.69, 9.17) is 11.6 Å². The van der Waals surface area contributed by atoms with Gasteiger partial charge in [-0.2, -0.15) is 5.10 Å². The molecule has 0 bridgehead atoms. The Labute approximate surface area is 137 Å². The van der Waals surface area contributed by atoms with Crippen molar-refractivity contribution in [1.82, 2.24) is 20.5 Å². The summed E-state index contributed by atoms with van der Waals surface area (Å²) in [7, 11) is 0. The van der Waals surface area contributed by atoms with Crippen LogP contribution in [0.15, 0.2) is 24.5 Å². The van der Waals surface area contributed by atoms with Crippen LogP contribution >= 0.6 is 11.6 Å². The van der Waals surface area contributed by atoms with Crippen molar-refractivity contribution < 1.29 is 14.3 Å². The Morgan fingerprint density at radius 2 is 2.30 bits per heavy atom. The Hall–Kier alpha value is -1.99. The molecule has 8 heteroatoms. The summed E-state index contributed by atoms with van der Waals surface area (Å²) in [5.41, 5.74) is 0.288. The highest BCUT2D eigenvalue weighted by Gasteiger charge is 2.35. The molecule has 3 atom stereocenters. The number of halogens is 2. The molecule has 1 aliphatic rings. The second-order valence-corrected chi connectivity index (χ2v) is 6.11. The molecule has 6 nitrogen and oxygen atoms in total. The van der Waals surface area contributed by atoms with Crippen molar-refractivity contribution >= 4 is 17.5 Å². The second-order valence-electron chi connectivity index (χ2n) is 5.71. The normalized spacial score (nSPS) is 23.9. The molecule has 1 aromatic heterocycles. The lowest BCUT2D eigenvalue weighted by Crippen LogP contribution is -2.32. The monoisotopic (exact) mass is 338 g/mol. The first-order valence-corrected chi connectivity index (χ1v) is 7.69. The average Bonchev–Trinajstić information content (AvgIpc) is 3.17. The predicted octanol–water partition coefficient (Wildman–Crippen LogP) is 1.88. The van der Waals surface area contributed by atoms with E-state index in [9.17, 15) is 14.3 Å². The van der Waals surface area contributed by atoms with E-state index in [1.165, 1.54) is 18.5 Å². The number of rotatable bonds is 4. The fourth-order valence-electron chi connectivity index (χ4n) is 2.92. The quantitative estimate of drug-likeness (QED) is 0.794. The average molecular weight is 339 g/mol. The molecule has 1 amide bonds. The minimum Gasteiger partial charge on any atom is -0.393 e. The van der Waals surface area contributed by atoms with Gasteiger partial charge in [0.1, 0.15) is 18.0 Å². The number of amides is 1. The molecule has 0 radical (unpaired) electrons. The summed E-state index contributed by atoms with van der Waals surface area (Å²) in [6, 6.07) is 3.81. The van der Waals surface area contributed by atoms with Gasteiger partial charge in [0.2, 0.25) is 0 Å². The Morgan fingerprint density at radius 1 is 1.48 bits per heavy atom. The standard InChI is InChI=1S/C15H16ClFN4O2/c16-11-4-8(1-2-12(11)17)15(23)18-6-10-3-9(5-13(10)22)14-19-7-20-21-14/h1-2,4,7,9-10,13,22H,3,5-6H2,(H,18,23)(H,19,20,21)/t9-,10+,13+/m1/s1. The zero-order chi connectivity index (χ0) is 16.4. The van der Waals surface area contributed by atoms with Crippen molar-refractivity contribution in [3.05, 3.63) is 46.8 Å². The molecule has 0 saturated heterocycles. The third kappa shape index (κ3) is 3.51. The van der Waals surface area contributed by atoms with Crippen LogP contribution in [0.1, 0.15) is 34.9 Å². The molecule has 1 aliphatic carbocycles. The van der Waals surface area contributed by atoms with Gasteiger partial charge in [-0.3, -0.25) is 9.89 Å². The van der Waals surface area contributed by atoms with Gasteiger partial charge in [-0.25, -0.2) is 9.37 Å². The first-order valence-electron chi connectivity index (χ1n) is 7.31. The molecule has 2 aromatic rings. The number of nitrogens with one attached hydrogen (secondary N) is 2. The van der Waals surface area contributed by atoms with E-state index in [0.717, 1.165) is 11.9 Å². The highest BCUT2D eigenvalue weighted by atomic mass is 35.5. The molecule has 122 valence electrons. The number of aromatic amines is 1. The van der Waals surface area contributed by atoms with Crippen LogP contribution in [0.5, 0.6) is 0 Å². The number of carbonyl (C=O) groups excluding carboxylic acids is 1. The number of aliphatic hydroxyl groups is 1. The summed E-state index contributed by atoms with van der Waals surface area (Å²) in [4.78, 5) is 16.2. The highest BCUT2D eigenvalue weighted by molar-refractivity contribution is 6.31. The van der Waals surface area contributed by atoms with Crippen LogP contribution in [0.2, 0.25) is 5.02 Å². The topological polar surface area (TPSA) is 90.9 Å². The van der Waals surface area contributed by atoms with Crippen molar-refractivity contribution in [3.63, 3.8) is 0 Å². The minimum atomic E-state index is -0.565. The van der Waals surface area contributed by atoms with Gasteiger partial charge in [-0.1, -0.05) is 11.6 Å². The number of hydrogen-bond donors (Lipinski definition) is 3. The van der Waals surface area contributed by atoms with Gasteiger partial charge in [0, 0.05) is 23.9 Å². The predicted molar refractivity (Wildman–Crippen MR) is 81.6 cm³/mol. The van der Waals surface area contributed by atoms with Gasteiger partial charge in [0.05, 0.1) is 11.1 Å². The van der Waals surface area contributed by atoms with Crippen molar-refractivity contribution in [2.45, 2.75) is 24.9 Å². The zero-order valence-corrected chi connectivity index (χ0v) is 12.9. The SMILES string of the molecule is O=C(NC[C@@H]1C[C@@H](c2ncn[nH]2)C[C@@H]1O)c1ccc(F)c(Cl)c1. The molecular weight excluding hydrogens is 323 g/mol. The summed E-state index contributed by atoms with van der Waals surface area (Å²) < 4.78 is 13.1. The highest BCUT2D eigenvalue weighted by Crippen LogP contribution is 2.36. The summed E-state index contributed by atoms with van der Waals surface area (Å²) in [5, 5.41) is 19.4. The lowest BCUT2D eigenvalue weighted by atomic mass is 10.0. The number of H-pyrrole nitrogens is 1. The van der Waals surface area contributed by atoms with Gasteiger partial charge >= 0.3 is 0 Å². The third-order valence-electron chi connectivity index (χ3n) is 4.18. The first-order chi connectivity index (χ1) is 11.0. The number of aliphatic hydroxyl groups excluding tert-OH is 1. The fraction of sp³-hybridized carbons (Fsp3) is 0.400. The van der Waals surface area contributed by atoms with Crippen molar-refractivity contribution in [2.24, 2.45) is 5.92 Å². The minimum absolute atomic E-state index is 0.0648. The van der Waals surface area contributed by atoms with E-state index in [1.807, 2.05) is 0 Å². The van der Waals surface area contributed by atoms with Gasteiger partial charge in [0.15, 0.2) is 0 Å². The van der Waals surface area contributed by atoms with Crippen LogP contribution in [0.25, 0.3) is 0 Å². The van der Waals surface area contributed by atoms with Crippen molar-refractivity contribution in [1.29, 1.82) is 0 Å². The van der Waals surface area contributed by atoms with Crippen LogP contribution in [0, 0.1) is 11.7 Å². The van der Waals surface area contributed by atoms with E-state index in [0.29, 0.717) is 19.4 Å². The number of hydrogen-bond acceptors (Lipinski definition) is 4.